The molecule has 0 aromatic heterocycles. The number of carbonyl (C=O) groups excluding carboxylic acids is 1. The summed E-state index contributed by atoms with van der Waals surface area (Å²) < 4.78 is 37.9. The molecule has 2 N–H and O–H groups in total. The summed E-state index contributed by atoms with van der Waals surface area (Å²) in [7, 11) is 0. The lowest BCUT2D eigenvalue weighted by Crippen LogP contribution is -2.44. The monoisotopic (exact) mass is 318 g/mol. The smallest absolute Gasteiger partial charge is 0.431 e. The normalized spacial score (nSPS) is 25.7. The number of hydrogen-bond acceptors (Lipinski definition) is 5. The lowest BCUT2D eigenvalue weighted by Gasteiger charge is -2.35. The summed E-state index contributed by atoms with van der Waals surface area (Å²) in [6.45, 7) is 1.68. The molecule has 0 aromatic rings. The minimum absolute atomic E-state index is 0.0775. The third-order valence-electron chi connectivity index (χ3n) is 3.60. The van der Waals surface area contributed by atoms with Crippen LogP contribution in [0.1, 0.15) is 32.6 Å². The number of carbonyl (C=O) groups is 1. The van der Waals surface area contributed by atoms with Crippen molar-refractivity contribution in [1.29, 1.82) is 0 Å². The number of aliphatic hydroxyl groups excluding tert-OH is 1. The molecular formula is C14H17F3N2O3. The van der Waals surface area contributed by atoms with E-state index in [-0.39, 0.29) is 42.9 Å². The van der Waals surface area contributed by atoms with Gasteiger partial charge in [0, 0.05) is 25.8 Å². The first-order valence-corrected chi connectivity index (χ1v) is 6.97. The van der Waals surface area contributed by atoms with E-state index >= 15 is 0 Å². The van der Waals surface area contributed by atoms with Gasteiger partial charge >= 0.3 is 6.18 Å². The van der Waals surface area contributed by atoms with Crippen LogP contribution in [0, 0.1) is 0 Å². The predicted octanol–water partition coefficient (Wildman–Crippen LogP) is 2.44. The number of rotatable bonds is 4. The van der Waals surface area contributed by atoms with Crippen molar-refractivity contribution in [1.82, 2.24) is 5.01 Å². The van der Waals surface area contributed by atoms with Crippen molar-refractivity contribution in [3.8, 4) is 0 Å². The minimum atomic E-state index is -4.54. The van der Waals surface area contributed by atoms with Crippen LogP contribution in [0.2, 0.25) is 0 Å². The fourth-order valence-electron chi connectivity index (χ4n) is 2.42. The quantitative estimate of drug-likeness (QED) is 0.835. The average molecular weight is 318 g/mol. The van der Waals surface area contributed by atoms with Crippen LogP contribution < -0.4 is 0 Å². The third kappa shape index (κ3) is 3.16. The maximum absolute atomic E-state index is 12.6. The van der Waals surface area contributed by atoms with Crippen LogP contribution in [-0.2, 0) is 4.79 Å². The molecule has 1 aliphatic carbocycles. The number of allylic oxidation sites excluding steroid dienone is 1. The Hall–Kier alpha value is -1.83. The molecule has 0 aromatic carbocycles. The molecule has 1 aliphatic heterocycles. The third-order valence-corrected chi connectivity index (χ3v) is 3.60. The zero-order valence-electron chi connectivity index (χ0n) is 12.0. The fraction of sp³-hybridized carbons (Fsp3) is 0.571. The number of aliphatic hydroxyl groups is 2. The summed E-state index contributed by atoms with van der Waals surface area (Å²) in [6, 6.07) is 0. The number of hydrogen-bond donors (Lipinski definition) is 2. The van der Waals surface area contributed by atoms with Crippen molar-refractivity contribution in [2.45, 2.75) is 44.5 Å². The lowest BCUT2D eigenvalue weighted by atomic mass is 9.93. The number of Topliss-reactive ketones (excluding diaryl/α,β-unsaturated/α-hetero) is 1. The summed E-state index contributed by atoms with van der Waals surface area (Å²) in [5, 5.41) is 24.6. The number of halogens is 3. The molecule has 0 bridgehead atoms. The molecule has 0 saturated carbocycles. The Kier molecular flexibility index (Phi) is 4.32. The van der Waals surface area contributed by atoms with Gasteiger partial charge in [0.15, 0.2) is 11.5 Å². The van der Waals surface area contributed by atoms with Gasteiger partial charge in [-0.15, -0.1) is 0 Å². The average Bonchev–Trinajstić information content (AvgIpc) is 2.92. The number of ketones is 1. The molecule has 1 heterocycles. The van der Waals surface area contributed by atoms with E-state index in [1.165, 1.54) is 6.08 Å². The van der Waals surface area contributed by atoms with E-state index < -0.39 is 17.6 Å². The fourth-order valence-corrected chi connectivity index (χ4v) is 2.42. The van der Waals surface area contributed by atoms with Crippen molar-refractivity contribution < 1.29 is 28.2 Å². The molecule has 5 nitrogen and oxygen atoms in total. The first-order chi connectivity index (χ1) is 10.2. The highest BCUT2D eigenvalue weighted by atomic mass is 19.4. The molecule has 1 atom stereocenters. The van der Waals surface area contributed by atoms with E-state index in [0.717, 1.165) is 11.1 Å². The molecule has 1 unspecified atom stereocenters. The van der Waals surface area contributed by atoms with Gasteiger partial charge in [-0.3, -0.25) is 9.80 Å². The first-order valence-electron chi connectivity index (χ1n) is 6.97. The molecule has 0 radical (unpaired) electrons. The Balaban J connectivity index is 2.28. The molecule has 0 spiro atoms. The van der Waals surface area contributed by atoms with Gasteiger partial charge in [-0.1, -0.05) is 6.92 Å². The highest BCUT2D eigenvalue weighted by Gasteiger charge is 2.44. The summed E-state index contributed by atoms with van der Waals surface area (Å²) in [5.74, 6) is -0.629. The van der Waals surface area contributed by atoms with E-state index in [0.29, 0.717) is 6.42 Å². The highest BCUT2D eigenvalue weighted by molar-refractivity contribution is 5.99. The Morgan fingerprint density at radius 1 is 1.50 bits per heavy atom. The number of hydrazone groups is 1. The van der Waals surface area contributed by atoms with E-state index in [1.54, 1.807) is 6.92 Å². The van der Waals surface area contributed by atoms with Crippen LogP contribution in [0.4, 0.5) is 13.2 Å². The molecule has 0 fully saturated rings. The first kappa shape index (κ1) is 16.5. The summed E-state index contributed by atoms with van der Waals surface area (Å²) in [4.78, 5) is 11.9. The van der Waals surface area contributed by atoms with E-state index in [1.807, 2.05) is 0 Å². The standard InChI is InChI=1S/C14H17F3N2O3/c1-2-3-10(20)9-8-13(22,6-4-11(9)21)19-7-5-12(18-19)14(15,16)17/h4,8,21-22H,2-3,5-7H2,1H3. The number of alkyl halides is 3. The van der Waals surface area contributed by atoms with Crippen LogP contribution in [0.3, 0.4) is 0 Å². The topological polar surface area (TPSA) is 73.1 Å². The van der Waals surface area contributed by atoms with Crippen LogP contribution in [0.15, 0.2) is 28.6 Å². The van der Waals surface area contributed by atoms with Crippen LogP contribution in [0.25, 0.3) is 0 Å². The molecule has 22 heavy (non-hydrogen) atoms. The Morgan fingerprint density at radius 2 is 2.18 bits per heavy atom. The lowest BCUT2D eigenvalue weighted by molar-refractivity contribution is -0.116. The number of nitrogens with zero attached hydrogens (tertiary/aromatic N) is 2. The van der Waals surface area contributed by atoms with Crippen LogP contribution in [0.5, 0.6) is 0 Å². The molecule has 2 aliphatic rings. The second-order valence-electron chi connectivity index (χ2n) is 5.32. The molecule has 0 amide bonds. The molecular weight excluding hydrogens is 301 g/mol. The van der Waals surface area contributed by atoms with Gasteiger partial charge in [0.05, 0.1) is 5.57 Å². The van der Waals surface area contributed by atoms with Gasteiger partial charge in [-0.25, -0.2) is 0 Å². The zero-order chi connectivity index (χ0) is 16.5. The van der Waals surface area contributed by atoms with Gasteiger partial charge in [0.25, 0.3) is 0 Å². The SMILES string of the molecule is CCCC(=O)C1=CC(O)(N2CCC(C(F)(F)F)=N2)CC=C1O. The minimum Gasteiger partial charge on any atom is -0.508 e. The molecule has 122 valence electrons. The molecule has 2 rings (SSSR count). The van der Waals surface area contributed by atoms with E-state index in [4.69, 9.17) is 0 Å². The van der Waals surface area contributed by atoms with Crippen molar-refractivity contribution in [3.05, 3.63) is 23.5 Å². The van der Waals surface area contributed by atoms with E-state index in [2.05, 4.69) is 5.10 Å². The zero-order valence-corrected chi connectivity index (χ0v) is 12.0. The molecule has 8 heteroatoms. The predicted molar refractivity (Wildman–Crippen MR) is 73.1 cm³/mol. The summed E-state index contributed by atoms with van der Waals surface area (Å²) in [5.41, 5.74) is -2.88. The maximum atomic E-state index is 12.6. The van der Waals surface area contributed by atoms with Gasteiger partial charge in [0.1, 0.15) is 11.5 Å². The second-order valence-corrected chi connectivity index (χ2v) is 5.32. The van der Waals surface area contributed by atoms with Gasteiger partial charge < -0.3 is 10.2 Å². The van der Waals surface area contributed by atoms with Crippen molar-refractivity contribution in [2.75, 3.05) is 6.54 Å². The largest absolute Gasteiger partial charge is 0.508 e. The van der Waals surface area contributed by atoms with Gasteiger partial charge in [0.2, 0.25) is 0 Å². The van der Waals surface area contributed by atoms with Crippen molar-refractivity contribution >= 4 is 11.5 Å². The van der Waals surface area contributed by atoms with Gasteiger partial charge in [-0.05, 0) is 18.6 Å². The summed E-state index contributed by atoms with van der Waals surface area (Å²) >= 11 is 0. The second kappa shape index (κ2) is 5.75. The van der Waals surface area contributed by atoms with Crippen molar-refractivity contribution in [3.63, 3.8) is 0 Å². The van der Waals surface area contributed by atoms with Gasteiger partial charge in [-0.2, -0.15) is 18.3 Å². The van der Waals surface area contributed by atoms with E-state index in [9.17, 15) is 28.2 Å². The Morgan fingerprint density at radius 3 is 2.73 bits per heavy atom. The Labute approximate surface area is 125 Å². The Bertz CT molecular complexity index is 566. The highest BCUT2D eigenvalue weighted by Crippen LogP contribution is 2.34. The maximum Gasteiger partial charge on any atom is 0.431 e. The van der Waals surface area contributed by atoms with Crippen molar-refractivity contribution in [2.24, 2.45) is 5.10 Å². The van der Waals surface area contributed by atoms with Crippen LogP contribution in [-0.4, -0.2) is 45.2 Å². The summed E-state index contributed by atoms with van der Waals surface area (Å²) in [6.07, 6.45) is -1.95. The molecule has 0 saturated heterocycles. The van der Waals surface area contributed by atoms with Crippen LogP contribution >= 0.6 is 0 Å².